The Morgan fingerprint density at radius 3 is 2.04 bits per heavy atom. The van der Waals surface area contributed by atoms with Crippen LogP contribution in [0.3, 0.4) is 0 Å². The van der Waals surface area contributed by atoms with Crippen LogP contribution in [0.15, 0.2) is 4.99 Å². The third-order valence-electron chi connectivity index (χ3n) is 3.72. The van der Waals surface area contributed by atoms with Crippen LogP contribution in [0.1, 0.15) is 40.0 Å². The van der Waals surface area contributed by atoms with E-state index in [-0.39, 0.29) is 31.3 Å². The highest BCUT2D eigenvalue weighted by atomic mass is 16.4. The van der Waals surface area contributed by atoms with Gasteiger partial charge in [-0.05, 0) is 32.1 Å². The van der Waals surface area contributed by atoms with Crippen molar-refractivity contribution in [3.8, 4) is 0 Å². The SMILES string of the molecule is CC(C)CC(NC(=O)C(N)C(C)O)C(=O)NC(CCCN=C(N)N)C(=O)O. The van der Waals surface area contributed by atoms with Crippen LogP contribution in [0.4, 0.5) is 0 Å². The number of aliphatic imine (C=N–C) groups is 1. The molecule has 0 saturated carbocycles. The second-order valence-corrected chi connectivity index (χ2v) is 6.81. The molecule has 10 N–H and O–H groups in total. The number of nitrogens with one attached hydrogen (secondary N) is 2. The molecule has 0 aliphatic carbocycles. The average molecular weight is 388 g/mol. The molecule has 0 saturated heterocycles. The molecule has 0 aliphatic rings. The first-order valence-electron chi connectivity index (χ1n) is 8.78. The molecule has 0 fully saturated rings. The van der Waals surface area contributed by atoms with E-state index >= 15 is 0 Å². The second kappa shape index (κ2) is 12.1. The topological polar surface area (TPSA) is 206 Å². The smallest absolute Gasteiger partial charge is 0.326 e. The van der Waals surface area contributed by atoms with E-state index in [9.17, 15) is 24.6 Å². The van der Waals surface area contributed by atoms with Crippen LogP contribution in [-0.2, 0) is 14.4 Å². The molecule has 27 heavy (non-hydrogen) atoms. The normalized spacial score (nSPS) is 15.3. The third-order valence-corrected chi connectivity index (χ3v) is 3.72. The van der Waals surface area contributed by atoms with E-state index < -0.39 is 42.0 Å². The Bertz CT molecular complexity index is 533. The molecule has 0 aromatic heterocycles. The molecule has 0 rings (SSSR count). The number of hydrogen-bond donors (Lipinski definition) is 7. The Balaban J connectivity index is 4.98. The molecule has 0 heterocycles. The highest BCUT2D eigenvalue weighted by molar-refractivity contribution is 5.91. The highest BCUT2D eigenvalue weighted by Crippen LogP contribution is 2.07. The fourth-order valence-electron chi connectivity index (χ4n) is 2.22. The number of carboxylic acids is 1. The summed E-state index contributed by atoms with van der Waals surface area (Å²) < 4.78 is 0. The Morgan fingerprint density at radius 2 is 1.59 bits per heavy atom. The predicted molar refractivity (Wildman–Crippen MR) is 101 cm³/mol. The fraction of sp³-hybridized carbons (Fsp3) is 0.750. The van der Waals surface area contributed by atoms with Gasteiger partial charge in [0, 0.05) is 6.54 Å². The number of carboxylic acid groups (broad SMARTS) is 1. The van der Waals surface area contributed by atoms with Crippen molar-refractivity contribution >= 4 is 23.7 Å². The molecule has 2 amide bonds. The standard InChI is InChI=1S/C16H32N6O5/c1-8(2)7-11(22-14(25)12(17)9(3)23)13(24)21-10(15(26)27)5-4-6-20-16(18)19/h8-12,23H,4-7,17H2,1-3H3,(H,21,24)(H,22,25)(H,26,27)(H4,18,19,20). The van der Waals surface area contributed by atoms with Gasteiger partial charge in [0.25, 0.3) is 0 Å². The molecular weight excluding hydrogens is 356 g/mol. The summed E-state index contributed by atoms with van der Waals surface area (Å²) in [6.07, 6.45) is -0.337. The van der Waals surface area contributed by atoms with Crippen LogP contribution < -0.4 is 27.8 Å². The van der Waals surface area contributed by atoms with E-state index in [1.807, 2.05) is 13.8 Å². The van der Waals surface area contributed by atoms with Gasteiger partial charge >= 0.3 is 5.97 Å². The number of guanidine groups is 1. The minimum Gasteiger partial charge on any atom is -0.480 e. The number of aliphatic hydroxyl groups excluding tert-OH is 1. The van der Waals surface area contributed by atoms with Crippen LogP contribution in [-0.4, -0.2) is 64.7 Å². The van der Waals surface area contributed by atoms with Gasteiger partial charge in [-0.2, -0.15) is 0 Å². The first kappa shape index (κ1) is 24.6. The van der Waals surface area contributed by atoms with Crippen molar-refractivity contribution in [2.24, 2.45) is 28.1 Å². The number of aliphatic hydroxyl groups is 1. The Labute approximate surface area is 158 Å². The van der Waals surface area contributed by atoms with Gasteiger partial charge in [0.05, 0.1) is 6.10 Å². The molecule has 0 aromatic rings. The summed E-state index contributed by atoms with van der Waals surface area (Å²) in [5, 5.41) is 23.6. The van der Waals surface area contributed by atoms with Crippen molar-refractivity contribution in [2.75, 3.05) is 6.54 Å². The molecule has 0 bridgehead atoms. The minimum absolute atomic E-state index is 0.0500. The van der Waals surface area contributed by atoms with E-state index in [1.54, 1.807) is 0 Å². The first-order valence-corrected chi connectivity index (χ1v) is 8.78. The van der Waals surface area contributed by atoms with Crippen molar-refractivity contribution in [3.05, 3.63) is 0 Å². The maximum Gasteiger partial charge on any atom is 0.326 e. The molecular formula is C16H32N6O5. The van der Waals surface area contributed by atoms with Gasteiger partial charge in [-0.25, -0.2) is 4.79 Å². The zero-order valence-electron chi connectivity index (χ0n) is 16.0. The minimum atomic E-state index is -1.21. The summed E-state index contributed by atoms with van der Waals surface area (Å²) in [5.41, 5.74) is 16.0. The predicted octanol–water partition coefficient (Wildman–Crippen LogP) is -2.15. The van der Waals surface area contributed by atoms with Gasteiger partial charge in [0.1, 0.15) is 18.1 Å². The number of carbonyl (C=O) groups is 3. The van der Waals surface area contributed by atoms with Gasteiger partial charge in [-0.15, -0.1) is 0 Å². The fourth-order valence-corrected chi connectivity index (χ4v) is 2.22. The Kier molecular flexibility index (Phi) is 11.0. The van der Waals surface area contributed by atoms with E-state index in [1.165, 1.54) is 6.92 Å². The highest BCUT2D eigenvalue weighted by Gasteiger charge is 2.29. The van der Waals surface area contributed by atoms with Crippen molar-refractivity contribution < 1.29 is 24.6 Å². The average Bonchev–Trinajstić information content (AvgIpc) is 2.54. The van der Waals surface area contributed by atoms with Gasteiger partial charge in [0.15, 0.2) is 5.96 Å². The molecule has 11 heteroatoms. The Morgan fingerprint density at radius 1 is 1.04 bits per heavy atom. The van der Waals surface area contributed by atoms with Crippen LogP contribution >= 0.6 is 0 Å². The van der Waals surface area contributed by atoms with E-state index in [0.717, 1.165) is 0 Å². The lowest BCUT2D eigenvalue weighted by atomic mass is 10.0. The maximum atomic E-state index is 12.5. The number of amides is 2. The molecule has 11 nitrogen and oxygen atoms in total. The Hall–Kier alpha value is -2.40. The maximum absolute atomic E-state index is 12.5. The molecule has 4 unspecified atom stereocenters. The van der Waals surface area contributed by atoms with Gasteiger partial charge in [-0.3, -0.25) is 14.6 Å². The largest absolute Gasteiger partial charge is 0.480 e. The number of rotatable bonds is 12. The lowest BCUT2D eigenvalue weighted by Crippen LogP contribution is -2.56. The summed E-state index contributed by atoms with van der Waals surface area (Å²) in [4.78, 5) is 39.7. The van der Waals surface area contributed by atoms with Crippen molar-refractivity contribution in [1.82, 2.24) is 10.6 Å². The number of nitrogens with two attached hydrogens (primary N) is 3. The van der Waals surface area contributed by atoms with Crippen LogP contribution in [0.25, 0.3) is 0 Å². The molecule has 0 spiro atoms. The number of carbonyl (C=O) groups excluding carboxylic acids is 2. The molecule has 156 valence electrons. The zero-order chi connectivity index (χ0) is 21.1. The van der Waals surface area contributed by atoms with E-state index in [4.69, 9.17) is 17.2 Å². The third kappa shape index (κ3) is 10.4. The summed E-state index contributed by atoms with van der Waals surface area (Å²) in [7, 11) is 0. The molecule has 0 aromatic carbocycles. The zero-order valence-corrected chi connectivity index (χ0v) is 16.0. The number of aliphatic carboxylic acids is 1. The molecule has 0 aliphatic heterocycles. The van der Waals surface area contributed by atoms with Crippen LogP contribution in [0.2, 0.25) is 0 Å². The quantitative estimate of drug-likeness (QED) is 0.111. The van der Waals surface area contributed by atoms with E-state index in [2.05, 4.69) is 15.6 Å². The van der Waals surface area contributed by atoms with Gasteiger partial charge in [-0.1, -0.05) is 13.8 Å². The van der Waals surface area contributed by atoms with Crippen molar-refractivity contribution in [1.29, 1.82) is 0 Å². The van der Waals surface area contributed by atoms with Gasteiger partial charge in [0.2, 0.25) is 11.8 Å². The summed E-state index contributed by atoms with van der Waals surface area (Å²) in [6, 6.07) is -3.31. The lowest BCUT2D eigenvalue weighted by Gasteiger charge is -2.24. The first-order chi connectivity index (χ1) is 12.5. The lowest BCUT2D eigenvalue weighted by molar-refractivity contribution is -0.142. The summed E-state index contributed by atoms with van der Waals surface area (Å²) in [6.45, 7) is 5.30. The van der Waals surface area contributed by atoms with Gasteiger partial charge < -0.3 is 38.0 Å². The van der Waals surface area contributed by atoms with E-state index in [0.29, 0.717) is 6.42 Å². The summed E-state index contributed by atoms with van der Waals surface area (Å²) >= 11 is 0. The monoisotopic (exact) mass is 388 g/mol. The number of hydrogen-bond acceptors (Lipinski definition) is 6. The molecule has 4 atom stereocenters. The van der Waals surface area contributed by atoms with Crippen molar-refractivity contribution in [3.63, 3.8) is 0 Å². The molecule has 0 radical (unpaired) electrons. The number of nitrogens with zero attached hydrogens (tertiary/aromatic N) is 1. The van der Waals surface area contributed by atoms with Crippen LogP contribution in [0.5, 0.6) is 0 Å². The summed E-state index contributed by atoms with van der Waals surface area (Å²) in [5.74, 6) is -2.58. The van der Waals surface area contributed by atoms with Crippen LogP contribution in [0, 0.1) is 5.92 Å². The van der Waals surface area contributed by atoms with Crippen molar-refractivity contribution in [2.45, 2.75) is 64.3 Å². The second-order valence-electron chi connectivity index (χ2n) is 6.81.